The quantitative estimate of drug-likeness (QED) is 0.176. The minimum atomic E-state index is -1.85. The number of esters is 1. The molecule has 0 spiro atoms. The molecule has 0 radical (unpaired) electrons. The van der Waals surface area contributed by atoms with Crippen LogP contribution in [-0.2, 0) is 22.8 Å². The molecule has 4 fully saturated rings. The predicted octanol–water partition coefficient (Wildman–Crippen LogP) is 9.11. The molecular formula is C34H66O5Si3. The van der Waals surface area contributed by atoms with Crippen molar-refractivity contribution in [3.05, 3.63) is 0 Å². The zero-order chi connectivity index (χ0) is 31.5. The third-order valence-electron chi connectivity index (χ3n) is 11.9. The van der Waals surface area contributed by atoms with Gasteiger partial charge in [0, 0.05) is 12.5 Å². The standard InChI is InChI=1S/C34H66O5Si3/c1-23(14-17-29(35)36-4)25-15-16-26-30-27(19-21-33(25,26)2)34(3)20-18-24(37-40(5,6)7)22-28(34)31(38-41(8,9)10)32(30)39-42(11,12)13/h23-28,30-32H,14-22H2,1-13H3/t23-,24-,25?,26?,27?,28?,30?,31+,32-,33-,34-/m1/s1. The summed E-state index contributed by atoms with van der Waals surface area (Å²) in [4.78, 5) is 12.0. The van der Waals surface area contributed by atoms with E-state index < -0.39 is 25.0 Å². The highest BCUT2D eigenvalue weighted by molar-refractivity contribution is 6.70. The van der Waals surface area contributed by atoms with E-state index in [4.69, 9.17) is 18.0 Å². The maximum atomic E-state index is 12.0. The highest BCUT2D eigenvalue weighted by Crippen LogP contribution is 2.69. The zero-order valence-electron chi connectivity index (χ0n) is 29.6. The van der Waals surface area contributed by atoms with Crippen molar-refractivity contribution >= 4 is 30.9 Å². The van der Waals surface area contributed by atoms with E-state index >= 15 is 0 Å². The SMILES string of the molecule is COC(=O)CC[C@@H](C)C1CCC2C3C(CC[C@@]21C)[C@@]1(C)CC[C@@H](O[Si](C)(C)C)CC1[C@H](O[Si](C)(C)C)[C@@H]3O[Si](C)(C)C. The van der Waals surface area contributed by atoms with Crippen molar-refractivity contribution in [3.63, 3.8) is 0 Å². The van der Waals surface area contributed by atoms with Gasteiger partial charge in [-0.3, -0.25) is 4.79 Å². The van der Waals surface area contributed by atoms with Gasteiger partial charge in [0.05, 0.1) is 19.3 Å². The Hall–Kier alpha value is 0.000649. The zero-order valence-corrected chi connectivity index (χ0v) is 32.6. The molecule has 11 atom stereocenters. The van der Waals surface area contributed by atoms with Gasteiger partial charge in [-0.25, -0.2) is 0 Å². The van der Waals surface area contributed by atoms with Crippen molar-refractivity contribution in [1.82, 2.24) is 0 Å². The van der Waals surface area contributed by atoms with Gasteiger partial charge in [-0.1, -0.05) is 20.8 Å². The molecule has 4 rings (SSSR count). The molecule has 42 heavy (non-hydrogen) atoms. The first-order valence-corrected chi connectivity index (χ1v) is 27.5. The van der Waals surface area contributed by atoms with Crippen molar-refractivity contribution in [3.8, 4) is 0 Å². The number of ether oxygens (including phenoxy) is 1. The third kappa shape index (κ3) is 7.35. The summed E-state index contributed by atoms with van der Waals surface area (Å²) in [5.41, 5.74) is 0.562. The number of carbonyl (C=O) groups is 1. The lowest BCUT2D eigenvalue weighted by atomic mass is 9.43. The Morgan fingerprint density at radius 2 is 1.29 bits per heavy atom. The minimum Gasteiger partial charge on any atom is -0.469 e. The monoisotopic (exact) mass is 638 g/mol. The van der Waals surface area contributed by atoms with Gasteiger partial charge >= 0.3 is 5.97 Å². The predicted molar refractivity (Wildman–Crippen MR) is 181 cm³/mol. The molecule has 5 nitrogen and oxygen atoms in total. The van der Waals surface area contributed by atoms with Crippen LogP contribution in [0.15, 0.2) is 0 Å². The topological polar surface area (TPSA) is 54.0 Å². The second kappa shape index (κ2) is 12.3. The van der Waals surface area contributed by atoms with E-state index in [-0.39, 0.29) is 23.6 Å². The molecule has 0 N–H and O–H groups in total. The van der Waals surface area contributed by atoms with E-state index in [1.807, 2.05) is 0 Å². The molecule has 0 bridgehead atoms. The third-order valence-corrected chi connectivity index (χ3v) is 14.9. The van der Waals surface area contributed by atoms with Crippen molar-refractivity contribution in [2.45, 2.75) is 156 Å². The highest BCUT2D eigenvalue weighted by atomic mass is 28.4. The molecule has 0 amide bonds. The van der Waals surface area contributed by atoms with E-state index in [1.54, 1.807) is 0 Å². The van der Waals surface area contributed by atoms with Crippen LogP contribution < -0.4 is 0 Å². The van der Waals surface area contributed by atoms with Crippen LogP contribution in [0.4, 0.5) is 0 Å². The molecule has 4 saturated carbocycles. The van der Waals surface area contributed by atoms with Gasteiger partial charge in [-0.05, 0) is 157 Å². The first kappa shape index (κ1) is 34.9. The first-order valence-electron chi connectivity index (χ1n) is 17.3. The second-order valence-corrected chi connectivity index (χ2v) is 31.6. The Morgan fingerprint density at radius 3 is 1.86 bits per heavy atom. The molecule has 0 heterocycles. The molecule has 0 aromatic carbocycles. The van der Waals surface area contributed by atoms with E-state index in [0.717, 1.165) is 12.8 Å². The lowest BCUT2D eigenvalue weighted by Crippen LogP contribution is -2.67. The van der Waals surface area contributed by atoms with Gasteiger partial charge < -0.3 is 18.0 Å². The van der Waals surface area contributed by atoms with Crippen LogP contribution in [0.25, 0.3) is 0 Å². The Bertz CT molecular complexity index is 954. The smallest absolute Gasteiger partial charge is 0.305 e. The molecule has 0 saturated heterocycles. The molecule has 0 aliphatic heterocycles. The number of hydrogen-bond acceptors (Lipinski definition) is 5. The number of fused-ring (bicyclic) bond motifs is 5. The summed E-state index contributed by atoms with van der Waals surface area (Å²) < 4.78 is 26.6. The maximum Gasteiger partial charge on any atom is 0.305 e. The van der Waals surface area contributed by atoms with Crippen LogP contribution in [-0.4, -0.2) is 56.3 Å². The number of hydrogen-bond donors (Lipinski definition) is 0. The van der Waals surface area contributed by atoms with Gasteiger partial charge in [0.1, 0.15) is 0 Å². The van der Waals surface area contributed by atoms with Gasteiger partial charge in [0.25, 0.3) is 0 Å². The summed E-state index contributed by atoms with van der Waals surface area (Å²) in [6, 6.07) is 0. The lowest BCUT2D eigenvalue weighted by molar-refractivity contribution is -0.213. The number of rotatable bonds is 10. The van der Waals surface area contributed by atoms with Crippen LogP contribution >= 0.6 is 0 Å². The van der Waals surface area contributed by atoms with Gasteiger partial charge in [0.2, 0.25) is 0 Å². The molecule has 244 valence electrons. The fourth-order valence-electron chi connectivity index (χ4n) is 10.5. The number of carbonyl (C=O) groups excluding carboxylic acids is 1. The van der Waals surface area contributed by atoms with Crippen LogP contribution in [0, 0.1) is 46.3 Å². The van der Waals surface area contributed by atoms with E-state index in [2.05, 4.69) is 79.7 Å². The molecule has 8 heteroatoms. The summed E-state index contributed by atoms with van der Waals surface area (Å²) in [6.45, 7) is 29.0. The lowest BCUT2D eigenvalue weighted by Gasteiger charge is -2.66. The highest BCUT2D eigenvalue weighted by Gasteiger charge is 2.66. The Morgan fingerprint density at radius 1 is 0.738 bits per heavy atom. The summed E-state index contributed by atoms with van der Waals surface area (Å²) >= 11 is 0. The molecule has 0 aromatic heterocycles. The fraction of sp³-hybridized carbons (Fsp3) is 0.971. The average molecular weight is 639 g/mol. The Labute approximate surface area is 262 Å². The van der Waals surface area contributed by atoms with Gasteiger partial charge in [0.15, 0.2) is 25.0 Å². The van der Waals surface area contributed by atoms with E-state index in [9.17, 15) is 4.79 Å². The van der Waals surface area contributed by atoms with Crippen molar-refractivity contribution in [2.75, 3.05) is 7.11 Å². The van der Waals surface area contributed by atoms with Crippen molar-refractivity contribution in [1.29, 1.82) is 0 Å². The molecular weight excluding hydrogens is 573 g/mol. The van der Waals surface area contributed by atoms with Crippen LogP contribution in [0.5, 0.6) is 0 Å². The molecule has 5 unspecified atom stereocenters. The molecule has 4 aliphatic rings. The second-order valence-electron chi connectivity index (χ2n) is 18.2. The Kier molecular flexibility index (Phi) is 10.2. The van der Waals surface area contributed by atoms with Crippen LogP contribution in [0.3, 0.4) is 0 Å². The van der Waals surface area contributed by atoms with Gasteiger partial charge in [-0.15, -0.1) is 0 Å². The Balaban J connectivity index is 1.73. The average Bonchev–Trinajstić information content (AvgIpc) is 3.19. The number of methoxy groups -OCH3 is 1. The van der Waals surface area contributed by atoms with E-state index in [1.165, 1.54) is 45.6 Å². The van der Waals surface area contributed by atoms with Crippen molar-refractivity contribution in [2.24, 2.45) is 46.3 Å². The van der Waals surface area contributed by atoms with Gasteiger partial charge in [-0.2, -0.15) is 0 Å². The van der Waals surface area contributed by atoms with E-state index in [0.29, 0.717) is 53.4 Å². The largest absolute Gasteiger partial charge is 0.469 e. The summed E-state index contributed by atoms with van der Waals surface area (Å²) in [5, 5.41) is 0. The van der Waals surface area contributed by atoms with Crippen LogP contribution in [0.2, 0.25) is 58.9 Å². The molecule has 4 aliphatic carbocycles. The summed E-state index contributed by atoms with van der Waals surface area (Å²) in [6.07, 6.45) is 10.9. The summed E-state index contributed by atoms with van der Waals surface area (Å²) in [7, 11) is -3.82. The first-order chi connectivity index (χ1) is 19.2. The van der Waals surface area contributed by atoms with Crippen molar-refractivity contribution < 1.29 is 22.8 Å². The molecule has 0 aromatic rings. The summed E-state index contributed by atoms with van der Waals surface area (Å²) in [5.74, 6) is 3.49. The maximum absolute atomic E-state index is 12.0. The fourth-order valence-corrected chi connectivity index (χ4v) is 13.9. The normalized spacial score (nSPS) is 41.5. The minimum absolute atomic E-state index is 0.0693. The van der Waals surface area contributed by atoms with Crippen LogP contribution in [0.1, 0.15) is 78.6 Å².